The lowest BCUT2D eigenvalue weighted by atomic mass is 10.2. The van der Waals surface area contributed by atoms with E-state index in [0.717, 1.165) is 40.5 Å². The van der Waals surface area contributed by atoms with Crippen LogP contribution in [0.3, 0.4) is 0 Å². The van der Waals surface area contributed by atoms with Crippen LogP contribution in [0.1, 0.15) is 31.2 Å². The van der Waals surface area contributed by atoms with E-state index in [0.29, 0.717) is 0 Å². The van der Waals surface area contributed by atoms with Gasteiger partial charge in [0.1, 0.15) is 13.8 Å². The van der Waals surface area contributed by atoms with Crippen molar-refractivity contribution in [1.82, 2.24) is 9.78 Å². The second-order valence-electron chi connectivity index (χ2n) is 6.78. The molecule has 1 aromatic carbocycles. The van der Waals surface area contributed by atoms with Crippen molar-refractivity contribution in [3.63, 3.8) is 0 Å². The molecule has 1 fully saturated rings. The summed E-state index contributed by atoms with van der Waals surface area (Å²) in [6, 6.07) is 6.26. The Morgan fingerprint density at radius 3 is 2.82 bits per heavy atom. The van der Waals surface area contributed by atoms with Crippen LogP contribution in [0.4, 0.5) is 0 Å². The van der Waals surface area contributed by atoms with Crippen molar-refractivity contribution >= 4 is 34.9 Å². The summed E-state index contributed by atoms with van der Waals surface area (Å²) in [5, 5.41) is 5.88. The highest BCUT2D eigenvalue weighted by Crippen LogP contribution is 2.29. The molecule has 1 aliphatic rings. The zero-order chi connectivity index (χ0) is 15.7. The summed E-state index contributed by atoms with van der Waals surface area (Å²) >= 11 is 3.55. The van der Waals surface area contributed by atoms with E-state index in [1.807, 2.05) is 4.68 Å². The molecule has 0 aliphatic carbocycles. The predicted molar refractivity (Wildman–Crippen MR) is 96.5 cm³/mol. The Balaban J connectivity index is 2.11. The lowest BCUT2D eigenvalue weighted by Gasteiger charge is -2.23. The molecule has 2 heterocycles. The minimum atomic E-state index is -1.42. The molecule has 2 aromatic rings. The molecule has 22 heavy (non-hydrogen) atoms. The zero-order valence-electron chi connectivity index (χ0n) is 13.3. The minimum Gasteiger partial charge on any atom is -0.356 e. The number of ether oxygens (including phenoxy) is 1. The summed E-state index contributed by atoms with van der Waals surface area (Å²) in [6.07, 6.45) is 3.40. The lowest BCUT2D eigenvalue weighted by Crippen LogP contribution is -2.19. The molecular formula is C17H21BrN2OSi. The number of nitrogens with zero attached hydrogens (tertiary/aromatic N) is 2. The summed E-state index contributed by atoms with van der Waals surface area (Å²) in [5.74, 6) is 3.32. The average molecular weight is 377 g/mol. The van der Waals surface area contributed by atoms with Crippen LogP contribution in [-0.2, 0) is 4.74 Å². The fourth-order valence-electron chi connectivity index (χ4n) is 2.59. The largest absolute Gasteiger partial charge is 0.356 e. The number of hydrogen-bond acceptors (Lipinski definition) is 2. The van der Waals surface area contributed by atoms with Gasteiger partial charge in [-0.15, -0.1) is 5.54 Å². The smallest absolute Gasteiger partial charge is 0.150 e. The van der Waals surface area contributed by atoms with Gasteiger partial charge in [-0.05, 0) is 37.5 Å². The average Bonchev–Trinajstić information content (AvgIpc) is 2.83. The molecule has 1 aliphatic heterocycles. The van der Waals surface area contributed by atoms with Gasteiger partial charge < -0.3 is 4.74 Å². The Labute approximate surface area is 141 Å². The first-order chi connectivity index (χ1) is 10.4. The van der Waals surface area contributed by atoms with Crippen molar-refractivity contribution in [2.45, 2.75) is 45.1 Å². The molecule has 1 saturated heterocycles. The Morgan fingerprint density at radius 1 is 1.32 bits per heavy atom. The number of benzene rings is 1. The normalized spacial score (nSPS) is 19.0. The summed E-state index contributed by atoms with van der Waals surface area (Å²) in [7, 11) is -1.42. The highest BCUT2D eigenvalue weighted by molar-refractivity contribution is 9.10. The summed E-state index contributed by atoms with van der Waals surface area (Å²) in [5.41, 5.74) is 5.40. The third-order valence-corrected chi connectivity index (χ3v) is 5.02. The van der Waals surface area contributed by atoms with Crippen LogP contribution in [0, 0.1) is 11.5 Å². The Kier molecular flexibility index (Phi) is 4.44. The Hall–Kier alpha value is -1.09. The molecule has 3 rings (SSSR count). The first kappa shape index (κ1) is 15.8. The van der Waals surface area contributed by atoms with Crippen LogP contribution in [0.15, 0.2) is 22.7 Å². The van der Waals surface area contributed by atoms with E-state index < -0.39 is 8.07 Å². The van der Waals surface area contributed by atoms with E-state index in [-0.39, 0.29) is 6.23 Å². The van der Waals surface area contributed by atoms with Crippen molar-refractivity contribution in [3.8, 4) is 11.5 Å². The second-order valence-corrected chi connectivity index (χ2v) is 12.4. The molecule has 0 amide bonds. The highest BCUT2D eigenvalue weighted by atomic mass is 79.9. The topological polar surface area (TPSA) is 27.1 Å². The third-order valence-electron chi connectivity index (χ3n) is 3.65. The van der Waals surface area contributed by atoms with Gasteiger partial charge in [-0.1, -0.05) is 41.5 Å². The molecule has 116 valence electrons. The van der Waals surface area contributed by atoms with Crippen LogP contribution in [0.25, 0.3) is 10.9 Å². The summed E-state index contributed by atoms with van der Waals surface area (Å²) in [4.78, 5) is 0. The first-order valence-corrected chi connectivity index (χ1v) is 12.1. The maximum Gasteiger partial charge on any atom is 0.150 e. The monoisotopic (exact) mass is 376 g/mol. The van der Waals surface area contributed by atoms with Gasteiger partial charge in [0.25, 0.3) is 0 Å². The Morgan fingerprint density at radius 2 is 2.14 bits per heavy atom. The SMILES string of the molecule is C[Si](C)(C)C#Cc1nn(C2CCCCO2)c2ccc(Br)cc12. The van der Waals surface area contributed by atoms with Gasteiger partial charge in [-0.3, -0.25) is 0 Å². The van der Waals surface area contributed by atoms with Gasteiger partial charge in [-0.25, -0.2) is 4.68 Å². The van der Waals surface area contributed by atoms with E-state index >= 15 is 0 Å². The molecule has 0 N–H and O–H groups in total. The van der Waals surface area contributed by atoms with Crippen LogP contribution < -0.4 is 0 Å². The predicted octanol–water partition coefficient (Wildman–Crippen LogP) is 4.73. The number of halogens is 1. The molecule has 1 atom stereocenters. The van der Waals surface area contributed by atoms with Gasteiger partial charge in [0.15, 0.2) is 6.23 Å². The maximum absolute atomic E-state index is 5.91. The van der Waals surface area contributed by atoms with Crippen LogP contribution in [0.2, 0.25) is 19.6 Å². The van der Waals surface area contributed by atoms with Gasteiger partial charge >= 0.3 is 0 Å². The fourth-order valence-corrected chi connectivity index (χ4v) is 3.44. The highest BCUT2D eigenvalue weighted by Gasteiger charge is 2.20. The third kappa shape index (κ3) is 3.45. The van der Waals surface area contributed by atoms with E-state index in [2.05, 4.69) is 65.2 Å². The number of hydrogen-bond donors (Lipinski definition) is 0. The van der Waals surface area contributed by atoms with Gasteiger partial charge in [0.2, 0.25) is 0 Å². The standard InChI is InChI=1S/C17H21BrN2OSi/c1-22(2,3)11-9-15-14-12-13(18)7-8-16(14)20(19-15)17-6-4-5-10-21-17/h7-8,12,17H,4-6,10H2,1-3H3. The van der Waals surface area contributed by atoms with Crippen LogP contribution in [0.5, 0.6) is 0 Å². The number of rotatable bonds is 1. The van der Waals surface area contributed by atoms with Crippen LogP contribution >= 0.6 is 15.9 Å². The molecule has 5 heteroatoms. The van der Waals surface area contributed by atoms with Crippen molar-refractivity contribution in [2.75, 3.05) is 6.61 Å². The van der Waals surface area contributed by atoms with Gasteiger partial charge in [0.05, 0.1) is 5.52 Å². The quantitative estimate of drug-likeness (QED) is 0.531. The van der Waals surface area contributed by atoms with E-state index in [1.54, 1.807) is 0 Å². The second kappa shape index (κ2) is 6.19. The van der Waals surface area contributed by atoms with E-state index in [1.165, 1.54) is 6.42 Å². The molecule has 1 unspecified atom stereocenters. The molecule has 0 bridgehead atoms. The zero-order valence-corrected chi connectivity index (χ0v) is 15.9. The number of fused-ring (bicyclic) bond motifs is 1. The first-order valence-electron chi connectivity index (χ1n) is 7.77. The van der Waals surface area contributed by atoms with E-state index in [4.69, 9.17) is 9.84 Å². The van der Waals surface area contributed by atoms with Crippen molar-refractivity contribution in [1.29, 1.82) is 0 Å². The Bertz CT molecular complexity index is 746. The molecule has 1 aromatic heterocycles. The van der Waals surface area contributed by atoms with Gasteiger partial charge in [0, 0.05) is 16.5 Å². The van der Waals surface area contributed by atoms with Crippen LogP contribution in [-0.4, -0.2) is 24.5 Å². The number of aromatic nitrogens is 2. The summed E-state index contributed by atoms with van der Waals surface area (Å²) in [6.45, 7) is 7.57. The van der Waals surface area contributed by atoms with Crippen molar-refractivity contribution in [3.05, 3.63) is 28.4 Å². The van der Waals surface area contributed by atoms with E-state index in [9.17, 15) is 0 Å². The minimum absolute atomic E-state index is 0.0415. The van der Waals surface area contributed by atoms with Gasteiger partial charge in [-0.2, -0.15) is 5.10 Å². The molecule has 0 spiro atoms. The lowest BCUT2D eigenvalue weighted by molar-refractivity contribution is -0.0367. The maximum atomic E-state index is 5.91. The van der Waals surface area contributed by atoms with Crippen molar-refractivity contribution < 1.29 is 4.74 Å². The molecule has 0 radical (unpaired) electrons. The molecular weight excluding hydrogens is 356 g/mol. The van der Waals surface area contributed by atoms with Crippen molar-refractivity contribution in [2.24, 2.45) is 0 Å². The molecule has 3 nitrogen and oxygen atoms in total. The molecule has 0 saturated carbocycles. The fraction of sp³-hybridized carbons (Fsp3) is 0.471. The summed E-state index contributed by atoms with van der Waals surface area (Å²) < 4.78 is 8.99.